The zero-order chi connectivity index (χ0) is 10.3. The van der Waals surface area contributed by atoms with E-state index < -0.39 is 0 Å². The highest BCUT2D eigenvalue weighted by Gasteiger charge is 2.33. The molecule has 0 N–H and O–H groups in total. The highest BCUT2D eigenvalue weighted by atomic mass is 14.4. The highest BCUT2D eigenvalue weighted by molar-refractivity contribution is 5.23. The van der Waals surface area contributed by atoms with Crippen LogP contribution in [-0.4, -0.2) is 0 Å². The van der Waals surface area contributed by atoms with Gasteiger partial charge in [-0.2, -0.15) is 0 Å². The first-order chi connectivity index (χ1) is 5.72. The third-order valence-electron chi connectivity index (χ3n) is 2.72. The molecule has 0 saturated carbocycles. The average molecular weight is 179 g/mol. The maximum absolute atomic E-state index is 2.48. The minimum absolute atomic E-state index is 0.279. The summed E-state index contributed by atoms with van der Waals surface area (Å²) in [6.07, 6.45) is 6.16. The van der Waals surface area contributed by atoms with Gasteiger partial charge >= 0.3 is 0 Å². The van der Waals surface area contributed by atoms with E-state index in [-0.39, 0.29) is 5.41 Å². The summed E-state index contributed by atoms with van der Waals surface area (Å²) in [5.41, 5.74) is 2.27. The van der Waals surface area contributed by atoms with Gasteiger partial charge in [0, 0.05) is 0 Å². The van der Waals surface area contributed by atoms with Crippen molar-refractivity contribution in [2.75, 3.05) is 0 Å². The first kappa shape index (κ1) is 10.8. The van der Waals surface area contributed by atoms with Gasteiger partial charge in [0.25, 0.3) is 0 Å². The molecule has 0 spiro atoms. The van der Waals surface area contributed by atoms with Gasteiger partial charge in [0.05, 0.1) is 0 Å². The summed E-state index contributed by atoms with van der Waals surface area (Å²) < 4.78 is 0. The van der Waals surface area contributed by atoms with Gasteiger partial charge < -0.3 is 0 Å². The molecule has 0 nitrogen and oxygen atoms in total. The van der Waals surface area contributed by atoms with Crippen LogP contribution in [0.15, 0.2) is 11.6 Å². The fraction of sp³-hybridized carbons (Fsp3) is 0.769. The van der Waals surface area contributed by atoms with Gasteiger partial charge in [-0.05, 0) is 29.6 Å². The SMILES string of the molecule is CC(C)C1=CC(C)(C)[CH]C(C)(C)C1. The van der Waals surface area contributed by atoms with Crippen LogP contribution in [0.4, 0.5) is 0 Å². The summed E-state index contributed by atoms with van der Waals surface area (Å²) in [6, 6.07) is 0. The van der Waals surface area contributed by atoms with Gasteiger partial charge in [-0.3, -0.25) is 0 Å². The van der Waals surface area contributed by atoms with Crippen LogP contribution in [0.3, 0.4) is 0 Å². The van der Waals surface area contributed by atoms with Crippen molar-refractivity contribution in [1.82, 2.24) is 0 Å². The lowest BCUT2D eigenvalue weighted by Gasteiger charge is -2.40. The Morgan fingerprint density at radius 3 is 2.08 bits per heavy atom. The van der Waals surface area contributed by atoms with E-state index in [1.54, 1.807) is 5.57 Å². The zero-order valence-corrected chi connectivity index (χ0v) is 9.94. The van der Waals surface area contributed by atoms with Crippen molar-refractivity contribution < 1.29 is 0 Å². The molecule has 1 rings (SSSR count). The van der Waals surface area contributed by atoms with E-state index in [9.17, 15) is 0 Å². The molecule has 0 bridgehead atoms. The van der Waals surface area contributed by atoms with Crippen LogP contribution in [-0.2, 0) is 0 Å². The molecule has 1 aliphatic rings. The Morgan fingerprint density at radius 2 is 1.69 bits per heavy atom. The molecule has 0 aromatic carbocycles. The van der Waals surface area contributed by atoms with Crippen LogP contribution >= 0.6 is 0 Å². The number of hydrogen-bond acceptors (Lipinski definition) is 0. The van der Waals surface area contributed by atoms with Crippen molar-refractivity contribution in [3.05, 3.63) is 18.1 Å². The summed E-state index contributed by atoms with van der Waals surface area (Å²) >= 11 is 0. The summed E-state index contributed by atoms with van der Waals surface area (Å²) in [7, 11) is 0. The Morgan fingerprint density at radius 1 is 1.15 bits per heavy atom. The molecule has 0 aromatic heterocycles. The molecular weight excluding hydrogens is 156 g/mol. The Kier molecular flexibility index (Phi) is 2.62. The minimum Gasteiger partial charge on any atom is -0.0791 e. The van der Waals surface area contributed by atoms with E-state index in [2.05, 4.69) is 54.0 Å². The summed E-state index contributed by atoms with van der Waals surface area (Å²) in [5.74, 6) is 0.701. The highest BCUT2D eigenvalue weighted by Crippen LogP contribution is 2.45. The monoisotopic (exact) mass is 179 g/mol. The molecule has 1 radical (unpaired) electrons. The molecule has 0 amide bonds. The van der Waals surface area contributed by atoms with Gasteiger partial charge in [-0.25, -0.2) is 0 Å². The van der Waals surface area contributed by atoms with E-state index in [4.69, 9.17) is 0 Å². The second-order valence-corrected chi connectivity index (χ2v) is 6.01. The Labute approximate surface area is 83.4 Å². The summed E-state index contributed by atoms with van der Waals surface area (Å²) in [6.45, 7) is 13.9. The molecule has 75 valence electrons. The first-order valence-electron chi connectivity index (χ1n) is 5.31. The third kappa shape index (κ3) is 2.86. The van der Waals surface area contributed by atoms with Gasteiger partial charge in [-0.15, -0.1) is 0 Å². The maximum atomic E-state index is 2.48. The van der Waals surface area contributed by atoms with E-state index in [1.165, 1.54) is 6.42 Å². The van der Waals surface area contributed by atoms with E-state index in [0.717, 1.165) is 0 Å². The summed E-state index contributed by atoms with van der Waals surface area (Å²) in [4.78, 5) is 0. The number of rotatable bonds is 1. The smallest absolute Gasteiger partial charge is 0.0135 e. The van der Waals surface area contributed by atoms with Crippen molar-refractivity contribution >= 4 is 0 Å². The van der Waals surface area contributed by atoms with Crippen LogP contribution in [0.25, 0.3) is 0 Å². The van der Waals surface area contributed by atoms with Crippen LogP contribution in [0.1, 0.15) is 48.0 Å². The van der Waals surface area contributed by atoms with Crippen LogP contribution in [0, 0.1) is 23.2 Å². The number of allylic oxidation sites excluding steroid dienone is 2. The van der Waals surface area contributed by atoms with E-state index in [1.807, 2.05) is 0 Å². The molecule has 0 aromatic rings. The Balaban J connectivity index is 2.93. The summed E-state index contributed by atoms with van der Waals surface area (Å²) in [5, 5.41) is 0. The second kappa shape index (κ2) is 3.15. The van der Waals surface area contributed by atoms with Crippen LogP contribution in [0.2, 0.25) is 0 Å². The molecule has 0 atom stereocenters. The standard InChI is InChI=1S/C13H23/c1-10(2)11-7-12(3,4)9-13(5,6)8-11/h7,9-10H,8H2,1-6H3. The molecule has 0 aliphatic heterocycles. The Hall–Kier alpha value is -0.260. The first-order valence-corrected chi connectivity index (χ1v) is 5.31. The van der Waals surface area contributed by atoms with Crippen LogP contribution in [0.5, 0.6) is 0 Å². The van der Waals surface area contributed by atoms with Gasteiger partial charge in [0.2, 0.25) is 0 Å². The zero-order valence-electron chi connectivity index (χ0n) is 9.94. The molecule has 0 unspecified atom stereocenters. The topological polar surface area (TPSA) is 0 Å². The molecule has 1 aliphatic carbocycles. The maximum Gasteiger partial charge on any atom is -0.0135 e. The lowest BCUT2D eigenvalue weighted by Crippen LogP contribution is -2.29. The fourth-order valence-corrected chi connectivity index (χ4v) is 2.53. The number of hydrogen-bond donors (Lipinski definition) is 0. The van der Waals surface area contributed by atoms with Crippen molar-refractivity contribution in [2.45, 2.75) is 48.0 Å². The quantitative estimate of drug-likeness (QED) is 0.528. The molecule has 13 heavy (non-hydrogen) atoms. The lowest BCUT2D eigenvalue weighted by atomic mass is 9.65. The molecular formula is C13H23. The van der Waals surface area contributed by atoms with Crippen molar-refractivity contribution in [3.8, 4) is 0 Å². The minimum atomic E-state index is 0.279. The largest absolute Gasteiger partial charge is 0.0791 e. The van der Waals surface area contributed by atoms with Crippen molar-refractivity contribution in [2.24, 2.45) is 16.7 Å². The van der Waals surface area contributed by atoms with E-state index in [0.29, 0.717) is 11.3 Å². The molecule has 0 heteroatoms. The van der Waals surface area contributed by atoms with Crippen molar-refractivity contribution in [1.29, 1.82) is 0 Å². The van der Waals surface area contributed by atoms with Crippen LogP contribution < -0.4 is 0 Å². The van der Waals surface area contributed by atoms with Gasteiger partial charge in [-0.1, -0.05) is 53.2 Å². The average Bonchev–Trinajstić information content (AvgIpc) is 1.79. The normalized spacial score (nSPS) is 25.9. The molecule has 0 saturated heterocycles. The Bertz CT molecular complexity index is 216. The van der Waals surface area contributed by atoms with Gasteiger partial charge in [0.1, 0.15) is 0 Å². The molecule has 0 heterocycles. The van der Waals surface area contributed by atoms with E-state index >= 15 is 0 Å². The second-order valence-electron chi connectivity index (χ2n) is 6.01. The lowest BCUT2D eigenvalue weighted by molar-refractivity contribution is 0.311. The third-order valence-corrected chi connectivity index (χ3v) is 2.72. The van der Waals surface area contributed by atoms with Gasteiger partial charge in [0.15, 0.2) is 0 Å². The molecule has 0 fully saturated rings. The van der Waals surface area contributed by atoms with Crippen molar-refractivity contribution in [3.63, 3.8) is 0 Å². The predicted octanol–water partition coefficient (Wildman–Crippen LogP) is 4.23. The fourth-order valence-electron chi connectivity index (χ4n) is 2.53. The predicted molar refractivity (Wildman–Crippen MR) is 59.4 cm³/mol.